The molecule has 0 aliphatic heterocycles. The molecule has 0 amide bonds. The molecule has 0 spiro atoms. The van der Waals surface area contributed by atoms with Gasteiger partial charge in [0.25, 0.3) is 0 Å². The predicted octanol–water partition coefficient (Wildman–Crippen LogP) is 2.88. The van der Waals surface area contributed by atoms with Gasteiger partial charge < -0.3 is 9.84 Å². The third-order valence-corrected chi connectivity index (χ3v) is 1.74. The Labute approximate surface area is 87.3 Å². The summed E-state index contributed by atoms with van der Waals surface area (Å²) >= 11 is 0. The largest absolute Gasteiger partial charge is 0.434 e. The van der Waals surface area contributed by atoms with Crippen LogP contribution in [0.15, 0.2) is 24.3 Å². The molecule has 1 atom stereocenters. The number of hydrogen-bond donors (Lipinski definition) is 1. The number of halogens is 5. The van der Waals surface area contributed by atoms with E-state index in [4.69, 9.17) is 5.11 Å². The second kappa shape index (κ2) is 4.65. The molecule has 1 aromatic carbocycles. The van der Waals surface area contributed by atoms with Crippen LogP contribution in [-0.2, 0) is 0 Å². The second-order valence-corrected chi connectivity index (χ2v) is 2.86. The van der Waals surface area contributed by atoms with Gasteiger partial charge in [-0.3, -0.25) is 0 Å². The third kappa shape index (κ3) is 3.06. The van der Waals surface area contributed by atoms with Gasteiger partial charge in [0.2, 0.25) is 0 Å². The third-order valence-electron chi connectivity index (χ3n) is 1.74. The first-order valence-electron chi connectivity index (χ1n) is 4.11. The molecule has 1 rings (SSSR count). The first kappa shape index (κ1) is 12.7. The van der Waals surface area contributed by atoms with Crippen molar-refractivity contribution in [3.05, 3.63) is 29.8 Å². The van der Waals surface area contributed by atoms with Crippen molar-refractivity contribution < 1.29 is 31.8 Å². The zero-order chi connectivity index (χ0) is 12.3. The van der Waals surface area contributed by atoms with Crippen LogP contribution >= 0.6 is 0 Å². The van der Waals surface area contributed by atoms with Crippen LogP contribution in [0.3, 0.4) is 0 Å². The summed E-state index contributed by atoms with van der Waals surface area (Å²) in [5.74, 6) is -0.692. The molecule has 0 aliphatic rings. The summed E-state index contributed by atoms with van der Waals surface area (Å²) in [6.45, 7) is -3.25. The predicted molar refractivity (Wildman–Crippen MR) is 44.1 cm³/mol. The quantitative estimate of drug-likeness (QED) is 0.826. The smallest absolute Gasteiger partial charge is 0.418 e. The van der Waals surface area contributed by atoms with Crippen molar-refractivity contribution in [1.29, 1.82) is 0 Å². The van der Waals surface area contributed by atoms with Crippen molar-refractivity contribution in [3.63, 3.8) is 0 Å². The molecule has 16 heavy (non-hydrogen) atoms. The molecule has 0 aromatic heterocycles. The number of para-hydroxylation sites is 1. The number of alkyl halides is 5. The Morgan fingerprint density at radius 2 is 1.69 bits per heavy atom. The van der Waals surface area contributed by atoms with Gasteiger partial charge in [-0.2, -0.15) is 22.0 Å². The first-order valence-corrected chi connectivity index (χ1v) is 4.11. The van der Waals surface area contributed by atoms with Gasteiger partial charge in [-0.25, -0.2) is 0 Å². The van der Waals surface area contributed by atoms with Crippen LogP contribution in [0, 0.1) is 0 Å². The van der Waals surface area contributed by atoms with Crippen LogP contribution in [-0.4, -0.2) is 17.9 Å². The monoisotopic (exact) mass is 242 g/mol. The van der Waals surface area contributed by atoms with E-state index in [1.165, 1.54) is 12.1 Å². The Bertz CT molecular complexity index is 350. The molecular weight excluding hydrogens is 235 g/mol. The average Bonchev–Trinajstić information content (AvgIpc) is 2.15. The first-order chi connectivity index (χ1) is 7.32. The van der Waals surface area contributed by atoms with Gasteiger partial charge in [0.05, 0.1) is 0 Å². The summed E-state index contributed by atoms with van der Waals surface area (Å²) in [5.41, 5.74) is -0.740. The van der Waals surface area contributed by atoms with Gasteiger partial charge in [-0.1, -0.05) is 18.2 Å². The van der Waals surface area contributed by atoms with Crippen molar-refractivity contribution in [2.45, 2.75) is 18.9 Å². The highest BCUT2D eigenvalue weighted by atomic mass is 19.4. The molecule has 0 unspecified atom stereocenters. The molecule has 90 valence electrons. The minimum atomic E-state index is -4.93. The van der Waals surface area contributed by atoms with Crippen LogP contribution in [0.2, 0.25) is 0 Å². The molecule has 2 nitrogen and oxygen atoms in total. The Kier molecular flexibility index (Phi) is 3.69. The number of aliphatic hydroxyl groups excluding tert-OH is 1. The van der Waals surface area contributed by atoms with Crippen LogP contribution in [0.25, 0.3) is 0 Å². The highest BCUT2D eigenvalue weighted by molar-refractivity contribution is 5.35. The summed E-state index contributed by atoms with van der Waals surface area (Å²) in [4.78, 5) is 0. The minimum Gasteiger partial charge on any atom is -0.434 e. The van der Waals surface area contributed by atoms with Crippen molar-refractivity contribution in [2.75, 3.05) is 0 Å². The summed E-state index contributed by atoms with van der Waals surface area (Å²) in [6.07, 6.45) is -7.77. The SMILES string of the molecule is O[C@H](c1ccccc1OC(F)F)C(F)(F)F. The summed E-state index contributed by atoms with van der Waals surface area (Å²) in [7, 11) is 0. The minimum absolute atomic E-state index is 0.692. The topological polar surface area (TPSA) is 29.5 Å². The standard InChI is InChI=1S/C9H7F5O2/c10-8(11)16-6-4-2-1-3-5(6)7(15)9(12,13)14/h1-4,7-8,15H/t7-/m1/s1. The lowest BCUT2D eigenvalue weighted by Crippen LogP contribution is -2.21. The molecule has 0 saturated heterocycles. The van der Waals surface area contributed by atoms with E-state index >= 15 is 0 Å². The normalized spacial score (nSPS) is 13.9. The Balaban J connectivity index is 3.03. The van der Waals surface area contributed by atoms with Gasteiger partial charge in [-0.05, 0) is 6.07 Å². The van der Waals surface area contributed by atoms with Gasteiger partial charge in [-0.15, -0.1) is 0 Å². The Morgan fingerprint density at radius 1 is 1.12 bits per heavy atom. The molecule has 0 saturated carbocycles. The van der Waals surface area contributed by atoms with Gasteiger partial charge in [0.1, 0.15) is 5.75 Å². The maximum atomic E-state index is 12.2. The van der Waals surface area contributed by atoms with Crippen molar-refractivity contribution in [3.8, 4) is 5.75 Å². The summed E-state index contributed by atoms with van der Waals surface area (Å²) < 4.78 is 64.1. The summed E-state index contributed by atoms with van der Waals surface area (Å²) in [6, 6.07) is 4.21. The maximum Gasteiger partial charge on any atom is 0.418 e. The van der Waals surface area contributed by atoms with E-state index in [0.29, 0.717) is 0 Å². The molecular formula is C9H7F5O2. The van der Waals surface area contributed by atoms with Gasteiger partial charge in [0, 0.05) is 5.56 Å². The lowest BCUT2D eigenvalue weighted by atomic mass is 10.1. The maximum absolute atomic E-state index is 12.2. The Hall–Kier alpha value is -1.37. The molecule has 0 aliphatic carbocycles. The van der Waals surface area contributed by atoms with E-state index in [-0.39, 0.29) is 0 Å². The summed E-state index contributed by atoms with van der Waals surface area (Å²) in [5, 5.41) is 8.90. The lowest BCUT2D eigenvalue weighted by Gasteiger charge is -2.17. The van der Waals surface area contributed by atoms with Gasteiger partial charge in [0.15, 0.2) is 6.10 Å². The lowest BCUT2D eigenvalue weighted by molar-refractivity contribution is -0.207. The molecule has 1 N–H and O–H groups in total. The van der Waals surface area contributed by atoms with E-state index in [1.54, 1.807) is 0 Å². The zero-order valence-corrected chi connectivity index (χ0v) is 7.71. The zero-order valence-electron chi connectivity index (χ0n) is 7.71. The van der Waals surface area contributed by atoms with Crippen molar-refractivity contribution in [1.82, 2.24) is 0 Å². The van der Waals surface area contributed by atoms with E-state index in [2.05, 4.69) is 4.74 Å². The highest BCUT2D eigenvalue weighted by Gasteiger charge is 2.41. The fourth-order valence-electron chi connectivity index (χ4n) is 1.09. The molecule has 1 aromatic rings. The fraction of sp³-hybridized carbons (Fsp3) is 0.333. The van der Waals surface area contributed by atoms with Crippen LogP contribution < -0.4 is 4.74 Å². The van der Waals surface area contributed by atoms with E-state index in [1.807, 2.05) is 0 Å². The molecule has 0 radical (unpaired) electrons. The van der Waals surface area contributed by atoms with Crippen LogP contribution in [0.5, 0.6) is 5.75 Å². The molecule has 7 heteroatoms. The number of rotatable bonds is 3. The van der Waals surface area contributed by atoms with Crippen LogP contribution in [0.4, 0.5) is 22.0 Å². The highest BCUT2D eigenvalue weighted by Crippen LogP contribution is 2.37. The van der Waals surface area contributed by atoms with E-state index < -0.39 is 30.2 Å². The number of aliphatic hydroxyl groups is 1. The average molecular weight is 242 g/mol. The molecule has 0 fully saturated rings. The number of benzene rings is 1. The molecule has 0 heterocycles. The molecule has 0 bridgehead atoms. The number of ether oxygens (including phenoxy) is 1. The van der Waals surface area contributed by atoms with E-state index in [9.17, 15) is 22.0 Å². The van der Waals surface area contributed by atoms with Gasteiger partial charge >= 0.3 is 12.8 Å². The van der Waals surface area contributed by atoms with Crippen molar-refractivity contribution in [2.24, 2.45) is 0 Å². The second-order valence-electron chi connectivity index (χ2n) is 2.86. The fourth-order valence-corrected chi connectivity index (χ4v) is 1.09. The van der Waals surface area contributed by atoms with Crippen LogP contribution in [0.1, 0.15) is 11.7 Å². The number of hydrogen-bond acceptors (Lipinski definition) is 2. The van der Waals surface area contributed by atoms with E-state index in [0.717, 1.165) is 12.1 Å². The Morgan fingerprint density at radius 3 is 2.19 bits per heavy atom. The van der Waals surface area contributed by atoms with Crippen molar-refractivity contribution >= 4 is 0 Å².